The molecule has 0 radical (unpaired) electrons. The fourth-order valence-corrected chi connectivity index (χ4v) is 2.75. The highest BCUT2D eigenvalue weighted by molar-refractivity contribution is 6.04. The van der Waals surface area contributed by atoms with Gasteiger partial charge in [0, 0.05) is 37.4 Å². The molecule has 1 saturated heterocycles. The van der Waals surface area contributed by atoms with Gasteiger partial charge < -0.3 is 9.80 Å². The Kier molecular flexibility index (Phi) is 4.95. The average molecular weight is 334 g/mol. The van der Waals surface area contributed by atoms with Crippen LogP contribution in [0.4, 0.5) is 10.5 Å². The van der Waals surface area contributed by atoms with Gasteiger partial charge in [0.05, 0.1) is 11.6 Å². The molecule has 3 rings (SSSR count). The summed E-state index contributed by atoms with van der Waals surface area (Å²) in [6, 6.07) is 17.8. The van der Waals surface area contributed by atoms with E-state index >= 15 is 0 Å². The van der Waals surface area contributed by atoms with Crippen molar-refractivity contribution < 1.29 is 9.59 Å². The van der Waals surface area contributed by atoms with Crippen molar-refractivity contribution in [1.29, 1.82) is 5.26 Å². The van der Waals surface area contributed by atoms with E-state index in [0.29, 0.717) is 37.3 Å². The number of carbonyl (C=O) groups is 2. The molecule has 1 heterocycles. The number of rotatable bonds is 2. The Labute approximate surface area is 146 Å². The number of carbonyl (C=O) groups excluding carboxylic acids is 2. The first-order valence-electron chi connectivity index (χ1n) is 8.08. The largest absolute Gasteiger partial charge is 0.368 e. The predicted molar refractivity (Wildman–Crippen MR) is 94.2 cm³/mol. The maximum absolute atomic E-state index is 12.2. The van der Waals surface area contributed by atoms with E-state index in [2.05, 4.69) is 16.3 Å². The quantitative estimate of drug-likeness (QED) is 0.914. The Morgan fingerprint density at radius 1 is 0.920 bits per heavy atom. The molecule has 0 aliphatic carbocycles. The summed E-state index contributed by atoms with van der Waals surface area (Å²) >= 11 is 0. The second kappa shape index (κ2) is 7.49. The van der Waals surface area contributed by atoms with Gasteiger partial charge in [-0.25, -0.2) is 4.79 Å². The molecule has 2 aromatic rings. The van der Waals surface area contributed by atoms with E-state index in [1.54, 1.807) is 41.3 Å². The van der Waals surface area contributed by atoms with Gasteiger partial charge >= 0.3 is 6.03 Å². The molecular formula is C19H18N4O2. The SMILES string of the molecule is N#Cc1ccc(N2CCN(C(=O)NC(=O)c3ccccc3)CC2)cc1. The van der Waals surface area contributed by atoms with Crippen LogP contribution in [0.15, 0.2) is 54.6 Å². The van der Waals surface area contributed by atoms with E-state index in [9.17, 15) is 9.59 Å². The van der Waals surface area contributed by atoms with Crippen molar-refractivity contribution in [3.05, 3.63) is 65.7 Å². The molecule has 6 nitrogen and oxygen atoms in total. The first-order valence-corrected chi connectivity index (χ1v) is 8.08. The third kappa shape index (κ3) is 3.96. The lowest BCUT2D eigenvalue weighted by molar-refractivity contribution is 0.0951. The van der Waals surface area contributed by atoms with Gasteiger partial charge in [0.1, 0.15) is 0 Å². The molecule has 3 amide bonds. The van der Waals surface area contributed by atoms with Gasteiger partial charge in [0.2, 0.25) is 0 Å². The molecule has 1 aliphatic rings. The number of amides is 3. The zero-order valence-electron chi connectivity index (χ0n) is 13.7. The molecule has 1 fully saturated rings. The smallest absolute Gasteiger partial charge is 0.324 e. The Bertz CT molecular complexity index is 788. The number of anilines is 1. The van der Waals surface area contributed by atoms with Gasteiger partial charge in [-0.3, -0.25) is 10.1 Å². The van der Waals surface area contributed by atoms with Gasteiger partial charge in [-0.05, 0) is 36.4 Å². The second-order valence-corrected chi connectivity index (χ2v) is 5.76. The molecule has 126 valence electrons. The van der Waals surface area contributed by atoms with Crippen molar-refractivity contribution in [2.45, 2.75) is 0 Å². The monoisotopic (exact) mass is 334 g/mol. The zero-order chi connectivity index (χ0) is 17.6. The van der Waals surface area contributed by atoms with E-state index in [-0.39, 0.29) is 11.9 Å². The molecule has 0 atom stereocenters. The lowest BCUT2D eigenvalue weighted by atomic mass is 10.2. The van der Waals surface area contributed by atoms with E-state index in [0.717, 1.165) is 5.69 Å². The first kappa shape index (κ1) is 16.5. The van der Waals surface area contributed by atoms with Crippen LogP contribution >= 0.6 is 0 Å². The average Bonchev–Trinajstić information content (AvgIpc) is 2.69. The third-order valence-corrected chi connectivity index (χ3v) is 4.18. The summed E-state index contributed by atoms with van der Waals surface area (Å²) in [5.41, 5.74) is 2.12. The van der Waals surface area contributed by atoms with Crippen LogP contribution in [0.1, 0.15) is 15.9 Å². The molecule has 6 heteroatoms. The van der Waals surface area contributed by atoms with E-state index in [4.69, 9.17) is 5.26 Å². The Hall–Kier alpha value is -3.33. The molecule has 0 unspecified atom stereocenters. The first-order chi connectivity index (χ1) is 12.2. The van der Waals surface area contributed by atoms with Crippen molar-refractivity contribution in [3.63, 3.8) is 0 Å². The number of imide groups is 1. The lowest BCUT2D eigenvalue weighted by Crippen LogP contribution is -2.52. The number of hydrogen-bond donors (Lipinski definition) is 1. The highest BCUT2D eigenvalue weighted by Gasteiger charge is 2.22. The minimum atomic E-state index is -0.389. The number of hydrogen-bond acceptors (Lipinski definition) is 4. The zero-order valence-corrected chi connectivity index (χ0v) is 13.7. The van der Waals surface area contributed by atoms with Gasteiger partial charge in [0.25, 0.3) is 5.91 Å². The van der Waals surface area contributed by atoms with Crippen molar-refractivity contribution in [1.82, 2.24) is 10.2 Å². The van der Waals surface area contributed by atoms with Crippen molar-refractivity contribution >= 4 is 17.6 Å². The van der Waals surface area contributed by atoms with Gasteiger partial charge in [0.15, 0.2) is 0 Å². The summed E-state index contributed by atoms with van der Waals surface area (Å²) in [7, 11) is 0. The summed E-state index contributed by atoms with van der Waals surface area (Å²) in [5.74, 6) is -0.389. The van der Waals surface area contributed by atoms with Crippen LogP contribution in [0.25, 0.3) is 0 Å². The summed E-state index contributed by atoms with van der Waals surface area (Å²) in [4.78, 5) is 28.1. The molecule has 0 spiro atoms. The number of piperazine rings is 1. The standard InChI is InChI=1S/C19H18N4O2/c20-14-15-6-8-17(9-7-15)22-10-12-23(13-11-22)19(25)21-18(24)16-4-2-1-3-5-16/h1-9H,10-13H2,(H,21,24,25). The molecule has 0 bridgehead atoms. The highest BCUT2D eigenvalue weighted by Crippen LogP contribution is 2.17. The number of urea groups is 1. The highest BCUT2D eigenvalue weighted by atomic mass is 16.2. The minimum Gasteiger partial charge on any atom is -0.368 e. The van der Waals surface area contributed by atoms with Crippen molar-refractivity contribution in [2.24, 2.45) is 0 Å². The van der Waals surface area contributed by atoms with Crippen LogP contribution in [0.3, 0.4) is 0 Å². The van der Waals surface area contributed by atoms with Crippen LogP contribution in [0, 0.1) is 11.3 Å². The third-order valence-electron chi connectivity index (χ3n) is 4.18. The fraction of sp³-hybridized carbons (Fsp3) is 0.211. The topological polar surface area (TPSA) is 76.4 Å². The van der Waals surface area contributed by atoms with Gasteiger partial charge in [-0.15, -0.1) is 0 Å². The number of nitriles is 1. The van der Waals surface area contributed by atoms with Crippen LogP contribution in [-0.2, 0) is 0 Å². The lowest BCUT2D eigenvalue weighted by Gasteiger charge is -2.35. The van der Waals surface area contributed by atoms with Crippen molar-refractivity contribution in [2.75, 3.05) is 31.1 Å². The van der Waals surface area contributed by atoms with Crippen LogP contribution in [-0.4, -0.2) is 43.0 Å². The minimum absolute atomic E-state index is 0.367. The van der Waals surface area contributed by atoms with E-state index in [1.807, 2.05) is 18.2 Å². The molecule has 25 heavy (non-hydrogen) atoms. The number of nitrogens with one attached hydrogen (secondary N) is 1. The van der Waals surface area contributed by atoms with E-state index in [1.165, 1.54) is 0 Å². The Morgan fingerprint density at radius 2 is 1.56 bits per heavy atom. The predicted octanol–water partition coefficient (Wildman–Crippen LogP) is 2.23. The summed E-state index contributed by atoms with van der Waals surface area (Å²) in [5, 5.41) is 11.3. The number of benzene rings is 2. The second-order valence-electron chi connectivity index (χ2n) is 5.76. The van der Waals surface area contributed by atoms with Gasteiger partial charge in [-0.1, -0.05) is 18.2 Å². The van der Waals surface area contributed by atoms with Crippen LogP contribution < -0.4 is 10.2 Å². The molecule has 1 N–H and O–H groups in total. The number of nitrogens with zero attached hydrogens (tertiary/aromatic N) is 3. The van der Waals surface area contributed by atoms with Crippen molar-refractivity contribution in [3.8, 4) is 6.07 Å². The van der Waals surface area contributed by atoms with Crippen LogP contribution in [0.5, 0.6) is 0 Å². The summed E-state index contributed by atoms with van der Waals surface area (Å²) < 4.78 is 0. The molecule has 2 aromatic carbocycles. The Balaban J connectivity index is 1.54. The molecule has 0 aromatic heterocycles. The molecule has 1 aliphatic heterocycles. The maximum Gasteiger partial charge on any atom is 0.324 e. The summed E-state index contributed by atoms with van der Waals surface area (Å²) in [6.45, 7) is 2.43. The maximum atomic E-state index is 12.2. The normalized spacial score (nSPS) is 13.9. The molecule has 0 saturated carbocycles. The summed E-state index contributed by atoms with van der Waals surface area (Å²) in [6.07, 6.45) is 0. The Morgan fingerprint density at radius 3 is 2.16 bits per heavy atom. The molecular weight excluding hydrogens is 316 g/mol. The van der Waals surface area contributed by atoms with Crippen LogP contribution in [0.2, 0.25) is 0 Å². The fourth-order valence-electron chi connectivity index (χ4n) is 2.75. The van der Waals surface area contributed by atoms with E-state index < -0.39 is 0 Å². The van der Waals surface area contributed by atoms with Gasteiger partial charge in [-0.2, -0.15) is 5.26 Å².